The molecule has 0 radical (unpaired) electrons. The third kappa shape index (κ3) is 7.20. The van der Waals surface area contributed by atoms with Crippen LogP contribution in [0, 0.1) is 5.92 Å². The summed E-state index contributed by atoms with van der Waals surface area (Å²) in [6.07, 6.45) is 9.74. The van der Waals surface area contributed by atoms with E-state index >= 15 is 0 Å². The van der Waals surface area contributed by atoms with Crippen LogP contribution in [0.15, 0.2) is 78.4 Å². The fourth-order valence-corrected chi connectivity index (χ4v) is 7.28. The molecule has 2 aromatic rings. The molecule has 1 aliphatic heterocycles. The Morgan fingerprint density at radius 3 is 2.24 bits per heavy atom. The SMILES string of the molecule is CC1C=C(/C(=C(/CCCO)c2ccccc2)c2ccc(OS(=O)(=O)C3CC3)cc2)C=CC1N1CCN(C(C)C)CC1. The van der Waals surface area contributed by atoms with E-state index in [0.717, 1.165) is 54.9 Å². The highest BCUT2D eigenvalue weighted by atomic mass is 32.2. The van der Waals surface area contributed by atoms with E-state index in [0.29, 0.717) is 43.0 Å². The zero-order valence-electron chi connectivity index (χ0n) is 24.6. The van der Waals surface area contributed by atoms with Gasteiger partial charge in [0.25, 0.3) is 0 Å². The van der Waals surface area contributed by atoms with E-state index in [1.165, 1.54) is 5.57 Å². The maximum absolute atomic E-state index is 12.4. The molecular weight excluding hydrogens is 532 g/mol. The van der Waals surface area contributed by atoms with Gasteiger partial charge < -0.3 is 9.29 Å². The predicted octanol–water partition coefficient (Wildman–Crippen LogP) is 5.77. The molecule has 2 aliphatic carbocycles. The molecule has 2 fully saturated rings. The van der Waals surface area contributed by atoms with Crippen molar-refractivity contribution in [2.24, 2.45) is 5.92 Å². The molecule has 1 N–H and O–H groups in total. The highest BCUT2D eigenvalue weighted by Gasteiger charge is 2.37. The summed E-state index contributed by atoms with van der Waals surface area (Å²) in [6, 6.07) is 18.8. The van der Waals surface area contributed by atoms with E-state index in [-0.39, 0.29) is 11.9 Å². The fraction of sp³-hybridized carbons (Fsp3) is 0.471. The molecule has 1 heterocycles. The van der Waals surface area contributed by atoms with Crippen molar-refractivity contribution in [1.82, 2.24) is 9.80 Å². The normalized spacial score (nSPS) is 22.9. The molecule has 2 unspecified atom stereocenters. The van der Waals surface area contributed by atoms with Crippen LogP contribution < -0.4 is 4.18 Å². The summed E-state index contributed by atoms with van der Waals surface area (Å²) in [5.41, 5.74) is 5.58. The number of piperazine rings is 1. The molecular formula is C34H44N2O4S. The standard InChI is InChI=1S/C34H44N2O4S/c1-25(2)35-19-21-36(22-20-35)33-18-13-29(24-26(33)3)34(32(10-7-23-37)27-8-5-4-6-9-27)28-11-14-30(15-12-28)40-41(38,39)31-16-17-31/h4-6,8-9,11-15,18,24-26,31,33,37H,7,10,16-17,19-23H2,1-3H3/b34-32-. The Labute approximate surface area is 246 Å². The van der Waals surface area contributed by atoms with E-state index in [4.69, 9.17) is 4.18 Å². The minimum absolute atomic E-state index is 0.116. The zero-order chi connectivity index (χ0) is 29.0. The molecule has 1 saturated heterocycles. The monoisotopic (exact) mass is 576 g/mol. The third-order valence-electron chi connectivity index (χ3n) is 8.54. The minimum atomic E-state index is -3.57. The van der Waals surface area contributed by atoms with E-state index in [1.807, 2.05) is 30.3 Å². The van der Waals surface area contributed by atoms with Crippen molar-refractivity contribution < 1.29 is 17.7 Å². The first-order valence-corrected chi connectivity index (χ1v) is 16.6. The first-order valence-electron chi connectivity index (χ1n) is 15.1. The Morgan fingerprint density at radius 1 is 0.976 bits per heavy atom. The molecule has 2 aromatic carbocycles. The van der Waals surface area contributed by atoms with Crippen molar-refractivity contribution in [1.29, 1.82) is 0 Å². The lowest BCUT2D eigenvalue weighted by atomic mass is 9.82. The van der Waals surface area contributed by atoms with Gasteiger partial charge >= 0.3 is 10.1 Å². The Hall–Kier alpha value is -2.71. The quantitative estimate of drug-likeness (QED) is 0.271. The lowest BCUT2D eigenvalue weighted by Crippen LogP contribution is -2.53. The second-order valence-corrected chi connectivity index (χ2v) is 13.7. The van der Waals surface area contributed by atoms with Crippen LogP contribution in [0.5, 0.6) is 5.75 Å². The molecule has 7 heteroatoms. The van der Waals surface area contributed by atoms with Crippen molar-refractivity contribution in [3.8, 4) is 5.75 Å². The van der Waals surface area contributed by atoms with Gasteiger partial charge in [0.2, 0.25) is 0 Å². The van der Waals surface area contributed by atoms with Crippen LogP contribution in [0.25, 0.3) is 11.1 Å². The van der Waals surface area contributed by atoms with Crippen molar-refractivity contribution >= 4 is 21.3 Å². The largest absolute Gasteiger partial charge is 0.396 e. The number of aliphatic hydroxyl groups is 1. The lowest BCUT2D eigenvalue weighted by Gasteiger charge is -2.42. The summed E-state index contributed by atoms with van der Waals surface area (Å²) in [4.78, 5) is 5.15. The number of benzene rings is 2. The average Bonchev–Trinajstić information content (AvgIpc) is 3.83. The summed E-state index contributed by atoms with van der Waals surface area (Å²) >= 11 is 0. The summed E-state index contributed by atoms with van der Waals surface area (Å²) < 4.78 is 30.2. The number of hydrogen-bond acceptors (Lipinski definition) is 6. The van der Waals surface area contributed by atoms with Gasteiger partial charge in [0.1, 0.15) is 5.75 Å². The van der Waals surface area contributed by atoms with Crippen LogP contribution >= 0.6 is 0 Å². The second kappa shape index (κ2) is 13.1. The average molecular weight is 577 g/mol. The van der Waals surface area contributed by atoms with E-state index in [2.05, 4.69) is 60.9 Å². The van der Waals surface area contributed by atoms with Crippen LogP contribution in [0.2, 0.25) is 0 Å². The van der Waals surface area contributed by atoms with Crippen LogP contribution in [0.3, 0.4) is 0 Å². The first kappa shape index (κ1) is 29.8. The molecule has 1 saturated carbocycles. The number of allylic oxidation sites excluding steroid dienone is 4. The zero-order valence-corrected chi connectivity index (χ0v) is 25.4. The highest BCUT2D eigenvalue weighted by Crippen LogP contribution is 2.39. The maximum atomic E-state index is 12.4. The lowest BCUT2D eigenvalue weighted by molar-refractivity contribution is 0.0812. The molecule has 0 spiro atoms. The van der Waals surface area contributed by atoms with E-state index in [9.17, 15) is 13.5 Å². The van der Waals surface area contributed by atoms with E-state index < -0.39 is 10.1 Å². The van der Waals surface area contributed by atoms with Crippen LogP contribution in [0.1, 0.15) is 57.6 Å². The van der Waals surface area contributed by atoms with Gasteiger partial charge in [0.15, 0.2) is 0 Å². The molecule has 41 heavy (non-hydrogen) atoms. The Morgan fingerprint density at radius 2 is 1.66 bits per heavy atom. The van der Waals surface area contributed by atoms with Gasteiger partial charge in [-0.1, -0.05) is 67.6 Å². The van der Waals surface area contributed by atoms with Gasteiger partial charge in [-0.15, -0.1) is 0 Å². The van der Waals surface area contributed by atoms with Crippen LogP contribution in [0.4, 0.5) is 0 Å². The van der Waals surface area contributed by atoms with Crippen molar-refractivity contribution in [3.05, 3.63) is 89.5 Å². The Bertz CT molecular complexity index is 1370. The summed E-state index contributed by atoms with van der Waals surface area (Å²) in [5.74, 6) is 0.676. The molecule has 6 nitrogen and oxygen atoms in total. The van der Waals surface area contributed by atoms with Gasteiger partial charge in [-0.05, 0) is 85.4 Å². The number of aliphatic hydroxyl groups excluding tert-OH is 1. The van der Waals surface area contributed by atoms with Crippen molar-refractivity contribution in [3.63, 3.8) is 0 Å². The molecule has 3 aliphatic rings. The molecule has 5 rings (SSSR count). The van der Waals surface area contributed by atoms with Gasteiger partial charge in [-0.3, -0.25) is 9.80 Å². The van der Waals surface area contributed by atoms with E-state index in [1.54, 1.807) is 12.1 Å². The summed E-state index contributed by atoms with van der Waals surface area (Å²) in [6.45, 7) is 11.3. The van der Waals surface area contributed by atoms with Gasteiger partial charge in [0.05, 0.1) is 5.25 Å². The number of nitrogens with zero attached hydrogens (tertiary/aromatic N) is 2. The van der Waals surface area contributed by atoms with Crippen molar-refractivity contribution in [2.75, 3.05) is 32.8 Å². The predicted molar refractivity (Wildman–Crippen MR) is 167 cm³/mol. The topological polar surface area (TPSA) is 70.1 Å². The Balaban J connectivity index is 1.48. The molecule has 0 amide bonds. The molecule has 220 valence electrons. The molecule has 2 atom stereocenters. The van der Waals surface area contributed by atoms with Crippen molar-refractivity contribution in [2.45, 2.75) is 63.8 Å². The second-order valence-electron chi connectivity index (χ2n) is 11.8. The van der Waals surface area contributed by atoms with Gasteiger partial charge in [-0.2, -0.15) is 8.42 Å². The summed E-state index contributed by atoms with van der Waals surface area (Å²) in [5, 5.41) is 9.39. The third-order valence-corrected chi connectivity index (χ3v) is 10.3. The fourth-order valence-electron chi connectivity index (χ4n) is 6.05. The summed E-state index contributed by atoms with van der Waals surface area (Å²) in [7, 11) is -3.57. The number of rotatable bonds is 11. The molecule has 0 aromatic heterocycles. The highest BCUT2D eigenvalue weighted by molar-refractivity contribution is 7.88. The maximum Gasteiger partial charge on any atom is 0.312 e. The first-order chi connectivity index (χ1) is 19.8. The minimum Gasteiger partial charge on any atom is -0.396 e. The van der Waals surface area contributed by atoms with Crippen LogP contribution in [-0.4, -0.2) is 73.4 Å². The van der Waals surface area contributed by atoms with Gasteiger partial charge in [0, 0.05) is 44.9 Å². The number of hydrogen-bond donors (Lipinski definition) is 1. The Kier molecular flexibility index (Phi) is 9.49. The van der Waals surface area contributed by atoms with Crippen LogP contribution in [-0.2, 0) is 10.1 Å². The van der Waals surface area contributed by atoms with Gasteiger partial charge in [-0.25, -0.2) is 0 Å². The molecule has 0 bridgehead atoms. The smallest absolute Gasteiger partial charge is 0.312 e.